The molecule has 0 spiro atoms. The minimum atomic E-state index is -4.39. The fourth-order valence-electron chi connectivity index (χ4n) is 1.58. The van der Waals surface area contributed by atoms with Crippen molar-refractivity contribution in [2.45, 2.75) is 45.3 Å². The number of hydrogen-bond donors (Lipinski definition) is 0. The molecule has 0 bridgehead atoms. The molecule has 0 aliphatic heterocycles. The van der Waals surface area contributed by atoms with Gasteiger partial charge in [0.15, 0.2) is 0 Å². The van der Waals surface area contributed by atoms with Crippen LogP contribution in [-0.4, -0.2) is 4.57 Å². The minimum Gasteiger partial charge on any atom is -0.315 e. The third-order valence-corrected chi connectivity index (χ3v) is 2.56. The molecule has 17 heavy (non-hydrogen) atoms. The molecule has 0 aliphatic carbocycles. The minimum absolute atomic E-state index is 0.350. The zero-order valence-electron chi connectivity index (χ0n) is 9.76. The van der Waals surface area contributed by atoms with E-state index in [1.807, 2.05) is 0 Å². The quantitative estimate of drug-likeness (QED) is 0.730. The van der Waals surface area contributed by atoms with Gasteiger partial charge in [0.2, 0.25) is 0 Å². The van der Waals surface area contributed by atoms with Crippen LogP contribution in [0.3, 0.4) is 0 Å². The van der Waals surface area contributed by atoms with Crippen molar-refractivity contribution in [3.05, 3.63) is 34.2 Å². The molecule has 2 nitrogen and oxygen atoms in total. The van der Waals surface area contributed by atoms with Crippen molar-refractivity contribution in [2.75, 3.05) is 0 Å². The van der Waals surface area contributed by atoms with Crippen LogP contribution in [-0.2, 0) is 12.7 Å². The number of pyridine rings is 1. The van der Waals surface area contributed by atoms with E-state index in [0.717, 1.165) is 48.6 Å². The highest BCUT2D eigenvalue weighted by Crippen LogP contribution is 2.28. The summed E-state index contributed by atoms with van der Waals surface area (Å²) in [5.74, 6) is 0. The van der Waals surface area contributed by atoms with E-state index >= 15 is 0 Å². The van der Waals surface area contributed by atoms with Crippen LogP contribution in [0.2, 0.25) is 0 Å². The van der Waals surface area contributed by atoms with E-state index in [0.29, 0.717) is 6.54 Å². The van der Waals surface area contributed by atoms with E-state index < -0.39 is 11.7 Å². The fourth-order valence-corrected chi connectivity index (χ4v) is 1.58. The van der Waals surface area contributed by atoms with Gasteiger partial charge in [-0.05, 0) is 12.5 Å². The van der Waals surface area contributed by atoms with Crippen molar-refractivity contribution in [3.63, 3.8) is 0 Å². The van der Waals surface area contributed by atoms with Crippen LogP contribution in [0, 0.1) is 0 Å². The summed E-state index contributed by atoms with van der Waals surface area (Å²) in [5, 5.41) is 0. The number of hydrogen-bond acceptors (Lipinski definition) is 1. The van der Waals surface area contributed by atoms with E-state index in [4.69, 9.17) is 0 Å². The summed E-state index contributed by atoms with van der Waals surface area (Å²) in [6, 6.07) is 1.80. The van der Waals surface area contributed by atoms with Gasteiger partial charge in [-0.15, -0.1) is 0 Å². The Morgan fingerprint density at radius 3 is 2.47 bits per heavy atom. The second-order valence-electron chi connectivity index (χ2n) is 4.01. The molecule has 0 aromatic carbocycles. The molecule has 0 atom stereocenters. The standard InChI is InChI=1S/C12H16F3NO/c1-2-3-4-5-8-16-9-10(12(13,14)15)6-7-11(16)17/h6-7,9H,2-5,8H2,1H3. The van der Waals surface area contributed by atoms with Gasteiger partial charge in [-0.2, -0.15) is 13.2 Å². The molecule has 0 amide bonds. The van der Waals surface area contributed by atoms with Gasteiger partial charge in [-0.1, -0.05) is 26.2 Å². The first-order chi connectivity index (χ1) is 7.95. The molecule has 1 aromatic heterocycles. The summed E-state index contributed by atoms with van der Waals surface area (Å²) in [6.07, 6.45) is 0.257. The first kappa shape index (κ1) is 13.8. The Balaban J connectivity index is 2.74. The maximum atomic E-state index is 12.4. The summed E-state index contributed by atoms with van der Waals surface area (Å²) in [6.45, 7) is 2.40. The molecule has 1 rings (SSSR count). The lowest BCUT2D eigenvalue weighted by Gasteiger charge is -2.10. The van der Waals surface area contributed by atoms with Crippen LogP contribution >= 0.6 is 0 Å². The molecule has 1 aromatic rings. The van der Waals surface area contributed by atoms with Crippen molar-refractivity contribution < 1.29 is 13.2 Å². The number of aryl methyl sites for hydroxylation is 1. The lowest BCUT2D eigenvalue weighted by Crippen LogP contribution is -2.21. The van der Waals surface area contributed by atoms with Gasteiger partial charge < -0.3 is 4.57 Å². The lowest BCUT2D eigenvalue weighted by molar-refractivity contribution is -0.138. The van der Waals surface area contributed by atoms with Crippen LogP contribution in [0.5, 0.6) is 0 Å². The van der Waals surface area contributed by atoms with Crippen molar-refractivity contribution >= 4 is 0 Å². The number of aromatic nitrogens is 1. The molecule has 0 radical (unpaired) electrons. The second kappa shape index (κ2) is 5.89. The Morgan fingerprint density at radius 2 is 1.88 bits per heavy atom. The molecule has 0 saturated carbocycles. The van der Waals surface area contributed by atoms with Crippen LogP contribution in [0.4, 0.5) is 13.2 Å². The van der Waals surface area contributed by atoms with Gasteiger partial charge in [-0.25, -0.2) is 0 Å². The van der Waals surface area contributed by atoms with Crippen LogP contribution in [0.1, 0.15) is 38.2 Å². The molecule has 0 saturated heterocycles. The highest BCUT2D eigenvalue weighted by Gasteiger charge is 2.30. The fraction of sp³-hybridized carbons (Fsp3) is 0.583. The SMILES string of the molecule is CCCCCCn1cc(C(F)(F)F)ccc1=O. The maximum Gasteiger partial charge on any atom is 0.417 e. The Labute approximate surface area is 98.1 Å². The largest absolute Gasteiger partial charge is 0.417 e. The molecule has 0 unspecified atom stereocenters. The van der Waals surface area contributed by atoms with Gasteiger partial charge in [-0.3, -0.25) is 4.79 Å². The van der Waals surface area contributed by atoms with E-state index in [2.05, 4.69) is 6.92 Å². The zero-order valence-corrected chi connectivity index (χ0v) is 9.76. The number of nitrogens with zero attached hydrogens (tertiary/aromatic N) is 1. The Kier molecular flexibility index (Phi) is 4.78. The summed E-state index contributed by atoms with van der Waals surface area (Å²) in [7, 11) is 0. The molecule has 5 heteroatoms. The molecule has 0 N–H and O–H groups in total. The average Bonchev–Trinajstić information content (AvgIpc) is 2.25. The van der Waals surface area contributed by atoms with E-state index in [-0.39, 0.29) is 5.56 Å². The summed E-state index contributed by atoms with van der Waals surface area (Å²) in [4.78, 5) is 11.4. The van der Waals surface area contributed by atoms with Gasteiger partial charge in [0.25, 0.3) is 5.56 Å². The number of halogens is 3. The lowest BCUT2D eigenvalue weighted by atomic mass is 10.2. The number of rotatable bonds is 5. The normalized spacial score (nSPS) is 11.8. The topological polar surface area (TPSA) is 22.0 Å². The highest BCUT2D eigenvalue weighted by molar-refractivity contribution is 5.13. The van der Waals surface area contributed by atoms with Crippen molar-refractivity contribution in [3.8, 4) is 0 Å². The molecule has 0 fully saturated rings. The van der Waals surface area contributed by atoms with Gasteiger partial charge in [0.1, 0.15) is 0 Å². The number of alkyl halides is 3. The molecular formula is C12H16F3NO. The van der Waals surface area contributed by atoms with Gasteiger partial charge >= 0.3 is 6.18 Å². The Bertz CT molecular complexity index is 409. The summed E-state index contributed by atoms with van der Waals surface area (Å²) >= 11 is 0. The third-order valence-electron chi connectivity index (χ3n) is 2.56. The zero-order chi connectivity index (χ0) is 12.9. The first-order valence-electron chi connectivity index (χ1n) is 5.73. The van der Waals surface area contributed by atoms with Crippen LogP contribution in [0.15, 0.2) is 23.1 Å². The van der Waals surface area contributed by atoms with Crippen molar-refractivity contribution in [1.82, 2.24) is 4.57 Å². The van der Waals surface area contributed by atoms with Crippen molar-refractivity contribution in [1.29, 1.82) is 0 Å². The van der Waals surface area contributed by atoms with E-state index in [1.54, 1.807) is 0 Å². The first-order valence-corrected chi connectivity index (χ1v) is 5.73. The van der Waals surface area contributed by atoms with E-state index in [9.17, 15) is 18.0 Å². The predicted octanol–water partition coefficient (Wildman–Crippen LogP) is 3.45. The van der Waals surface area contributed by atoms with Gasteiger partial charge in [0.05, 0.1) is 5.56 Å². The second-order valence-corrected chi connectivity index (χ2v) is 4.01. The smallest absolute Gasteiger partial charge is 0.315 e. The monoisotopic (exact) mass is 247 g/mol. The summed E-state index contributed by atoms with van der Waals surface area (Å²) < 4.78 is 38.4. The average molecular weight is 247 g/mol. The summed E-state index contributed by atoms with van der Waals surface area (Å²) in [5.41, 5.74) is -1.15. The van der Waals surface area contributed by atoms with E-state index in [1.165, 1.54) is 0 Å². The third kappa shape index (κ3) is 4.24. The number of unbranched alkanes of at least 4 members (excludes halogenated alkanes) is 3. The molecule has 0 aliphatic rings. The highest BCUT2D eigenvalue weighted by atomic mass is 19.4. The molecule has 96 valence electrons. The Morgan fingerprint density at radius 1 is 1.18 bits per heavy atom. The van der Waals surface area contributed by atoms with Crippen LogP contribution < -0.4 is 5.56 Å². The maximum absolute atomic E-state index is 12.4. The molecule has 1 heterocycles. The Hall–Kier alpha value is -1.26. The van der Waals surface area contributed by atoms with Crippen LogP contribution in [0.25, 0.3) is 0 Å². The van der Waals surface area contributed by atoms with Gasteiger partial charge in [0, 0.05) is 18.8 Å². The molecular weight excluding hydrogens is 231 g/mol. The van der Waals surface area contributed by atoms with Crippen molar-refractivity contribution in [2.24, 2.45) is 0 Å². The predicted molar refractivity (Wildman–Crippen MR) is 59.8 cm³/mol.